The summed E-state index contributed by atoms with van der Waals surface area (Å²) in [6.07, 6.45) is 0.368. The van der Waals surface area contributed by atoms with Gasteiger partial charge in [0, 0.05) is 37.9 Å². The number of methoxy groups -OCH3 is 1. The fraction of sp³-hybridized carbons (Fsp3) is 0.524. The van der Waals surface area contributed by atoms with Crippen molar-refractivity contribution in [2.45, 2.75) is 26.1 Å². The number of rotatable bonds is 5. The summed E-state index contributed by atoms with van der Waals surface area (Å²) in [6, 6.07) is 9.83. The van der Waals surface area contributed by atoms with Crippen LogP contribution in [0.4, 0.5) is 23.3 Å². The van der Waals surface area contributed by atoms with Gasteiger partial charge in [0.2, 0.25) is 5.95 Å². The van der Waals surface area contributed by atoms with Crippen LogP contribution in [-0.4, -0.2) is 68.7 Å². The minimum Gasteiger partial charge on any atom is -0.497 e. The molecule has 8 nitrogen and oxygen atoms in total. The summed E-state index contributed by atoms with van der Waals surface area (Å²) in [5.74, 6) is 3.23. The lowest BCUT2D eigenvalue weighted by Gasteiger charge is -2.35. The zero-order valence-corrected chi connectivity index (χ0v) is 17.3. The van der Waals surface area contributed by atoms with E-state index in [1.807, 2.05) is 24.3 Å². The second-order valence-electron chi connectivity index (χ2n) is 7.52. The predicted octanol–water partition coefficient (Wildman–Crippen LogP) is 2.68. The Labute approximate surface area is 171 Å². The van der Waals surface area contributed by atoms with Crippen LogP contribution in [0, 0.1) is 0 Å². The van der Waals surface area contributed by atoms with Crippen LogP contribution in [0.1, 0.15) is 13.8 Å². The Morgan fingerprint density at radius 2 is 1.48 bits per heavy atom. The van der Waals surface area contributed by atoms with E-state index in [2.05, 4.69) is 35.0 Å². The predicted molar refractivity (Wildman–Crippen MR) is 114 cm³/mol. The van der Waals surface area contributed by atoms with Crippen molar-refractivity contribution in [3.63, 3.8) is 0 Å². The van der Waals surface area contributed by atoms with Crippen molar-refractivity contribution < 1.29 is 14.2 Å². The number of anilines is 4. The molecule has 1 N–H and O–H groups in total. The van der Waals surface area contributed by atoms with E-state index in [-0.39, 0.29) is 12.2 Å². The SMILES string of the molecule is COc1ccc(Nc2nc(N3CCOC(C)C3)cc(N3CCOC(C)C3)n2)cc1. The Balaban J connectivity index is 1.63. The average molecular weight is 399 g/mol. The van der Waals surface area contributed by atoms with Crippen LogP contribution in [0.15, 0.2) is 30.3 Å². The molecule has 2 saturated heterocycles. The number of hydrogen-bond acceptors (Lipinski definition) is 8. The lowest BCUT2D eigenvalue weighted by atomic mass is 10.2. The molecule has 8 heteroatoms. The highest BCUT2D eigenvalue weighted by molar-refractivity contribution is 5.61. The topological polar surface area (TPSA) is 72.0 Å². The minimum atomic E-state index is 0.184. The number of aromatic nitrogens is 2. The quantitative estimate of drug-likeness (QED) is 0.823. The highest BCUT2D eigenvalue weighted by Gasteiger charge is 2.23. The monoisotopic (exact) mass is 399 g/mol. The molecule has 0 saturated carbocycles. The molecule has 2 aliphatic rings. The summed E-state index contributed by atoms with van der Waals surface area (Å²) < 4.78 is 16.6. The van der Waals surface area contributed by atoms with Crippen LogP contribution >= 0.6 is 0 Å². The number of benzene rings is 1. The minimum absolute atomic E-state index is 0.184. The molecular weight excluding hydrogens is 370 g/mol. The normalized spacial score (nSPS) is 22.4. The van der Waals surface area contributed by atoms with Gasteiger partial charge in [-0.15, -0.1) is 0 Å². The summed E-state index contributed by atoms with van der Waals surface area (Å²) in [5, 5.41) is 3.34. The molecule has 156 valence electrons. The van der Waals surface area contributed by atoms with Crippen LogP contribution < -0.4 is 19.9 Å². The summed E-state index contributed by atoms with van der Waals surface area (Å²) in [4.78, 5) is 14.1. The van der Waals surface area contributed by atoms with Crippen LogP contribution in [0.25, 0.3) is 0 Å². The molecule has 0 amide bonds. The Morgan fingerprint density at radius 1 is 0.931 bits per heavy atom. The van der Waals surface area contributed by atoms with E-state index < -0.39 is 0 Å². The smallest absolute Gasteiger partial charge is 0.231 e. The summed E-state index contributed by atoms with van der Waals surface area (Å²) in [7, 11) is 1.66. The van der Waals surface area contributed by atoms with E-state index in [9.17, 15) is 0 Å². The molecule has 0 bridgehead atoms. The third-order valence-corrected chi connectivity index (χ3v) is 5.18. The van der Waals surface area contributed by atoms with Crippen molar-refractivity contribution in [2.75, 3.05) is 61.6 Å². The third kappa shape index (κ3) is 4.89. The first-order valence-electron chi connectivity index (χ1n) is 10.1. The average Bonchev–Trinajstić information content (AvgIpc) is 2.74. The first-order valence-corrected chi connectivity index (χ1v) is 10.1. The fourth-order valence-electron chi connectivity index (χ4n) is 3.66. The summed E-state index contributed by atoms with van der Waals surface area (Å²) in [5.41, 5.74) is 0.916. The number of hydrogen-bond donors (Lipinski definition) is 1. The number of morpholine rings is 2. The van der Waals surface area contributed by atoms with Crippen LogP contribution in [0.5, 0.6) is 5.75 Å². The Morgan fingerprint density at radius 3 is 1.97 bits per heavy atom. The standard InChI is InChI=1S/C21H29N5O3/c1-15-13-25(8-10-28-15)19-12-20(26-9-11-29-16(2)14-26)24-21(23-19)22-17-4-6-18(27-3)7-5-17/h4-7,12,15-16H,8-11,13-14H2,1-3H3,(H,22,23,24). The first-order chi connectivity index (χ1) is 14.1. The van der Waals surface area contributed by atoms with Crippen molar-refractivity contribution in [1.29, 1.82) is 0 Å². The van der Waals surface area contributed by atoms with Gasteiger partial charge in [0.1, 0.15) is 17.4 Å². The molecule has 2 unspecified atom stereocenters. The molecule has 29 heavy (non-hydrogen) atoms. The molecule has 2 aliphatic heterocycles. The second-order valence-corrected chi connectivity index (χ2v) is 7.52. The first kappa shape index (κ1) is 19.7. The fourth-order valence-corrected chi connectivity index (χ4v) is 3.66. The lowest BCUT2D eigenvalue weighted by molar-refractivity contribution is 0.0526. The van der Waals surface area contributed by atoms with E-state index in [1.54, 1.807) is 7.11 Å². The number of nitrogens with one attached hydrogen (secondary N) is 1. The van der Waals surface area contributed by atoms with Crippen LogP contribution in [-0.2, 0) is 9.47 Å². The molecule has 2 aromatic rings. The van der Waals surface area contributed by atoms with Gasteiger partial charge >= 0.3 is 0 Å². The van der Waals surface area contributed by atoms with Crippen LogP contribution in [0.3, 0.4) is 0 Å². The van der Waals surface area contributed by atoms with E-state index in [1.165, 1.54) is 0 Å². The van der Waals surface area contributed by atoms with E-state index in [4.69, 9.17) is 24.2 Å². The molecule has 3 heterocycles. The highest BCUT2D eigenvalue weighted by Crippen LogP contribution is 2.26. The van der Waals surface area contributed by atoms with Gasteiger partial charge < -0.3 is 29.3 Å². The molecule has 1 aromatic heterocycles. The van der Waals surface area contributed by atoms with Gasteiger partial charge in [-0.25, -0.2) is 0 Å². The summed E-state index contributed by atoms with van der Waals surface area (Å²) in [6.45, 7) is 8.87. The molecule has 0 aliphatic carbocycles. The zero-order chi connectivity index (χ0) is 20.2. The number of ether oxygens (including phenoxy) is 3. The van der Waals surface area contributed by atoms with Crippen LogP contribution in [0.2, 0.25) is 0 Å². The van der Waals surface area contributed by atoms with Crippen molar-refractivity contribution in [1.82, 2.24) is 9.97 Å². The largest absolute Gasteiger partial charge is 0.497 e. The molecule has 0 radical (unpaired) electrons. The van der Waals surface area contributed by atoms with Gasteiger partial charge in [0.05, 0.1) is 32.5 Å². The zero-order valence-electron chi connectivity index (χ0n) is 17.3. The van der Waals surface area contributed by atoms with E-state index in [0.717, 1.165) is 49.3 Å². The second kappa shape index (κ2) is 8.84. The maximum absolute atomic E-state index is 5.70. The van der Waals surface area contributed by atoms with Gasteiger partial charge in [0.15, 0.2) is 0 Å². The maximum atomic E-state index is 5.70. The number of nitrogens with zero attached hydrogens (tertiary/aromatic N) is 4. The maximum Gasteiger partial charge on any atom is 0.231 e. The third-order valence-electron chi connectivity index (χ3n) is 5.18. The summed E-state index contributed by atoms with van der Waals surface area (Å²) >= 11 is 0. The van der Waals surface area contributed by atoms with Gasteiger partial charge in [-0.3, -0.25) is 0 Å². The van der Waals surface area contributed by atoms with Gasteiger partial charge in [-0.1, -0.05) is 0 Å². The molecule has 1 aromatic carbocycles. The molecular formula is C21H29N5O3. The Hall–Kier alpha value is -2.58. The lowest BCUT2D eigenvalue weighted by Crippen LogP contribution is -2.43. The van der Waals surface area contributed by atoms with Gasteiger partial charge in [0.25, 0.3) is 0 Å². The van der Waals surface area contributed by atoms with E-state index >= 15 is 0 Å². The van der Waals surface area contributed by atoms with Gasteiger partial charge in [-0.05, 0) is 38.1 Å². The van der Waals surface area contributed by atoms with Crippen molar-refractivity contribution in [3.05, 3.63) is 30.3 Å². The molecule has 0 spiro atoms. The Bertz CT molecular complexity index is 776. The van der Waals surface area contributed by atoms with Crippen molar-refractivity contribution >= 4 is 23.3 Å². The van der Waals surface area contributed by atoms with E-state index in [0.29, 0.717) is 19.2 Å². The van der Waals surface area contributed by atoms with Crippen molar-refractivity contribution in [2.24, 2.45) is 0 Å². The Kier molecular flexibility index (Phi) is 6.01. The molecule has 2 fully saturated rings. The molecule has 2 atom stereocenters. The highest BCUT2D eigenvalue weighted by atomic mass is 16.5. The molecule has 4 rings (SSSR count). The van der Waals surface area contributed by atoms with Crippen molar-refractivity contribution in [3.8, 4) is 5.75 Å². The van der Waals surface area contributed by atoms with Gasteiger partial charge in [-0.2, -0.15) is 9.97 Å².